The summed E-state index contributed by atoms with van der Waals surface area (Å²) in [5.41, 5.74) is 2.96. The quantitative estimate of drug-likeness (QED) is 0.633. The average Bonchev–Trinajstić information content (AvgIpc) is 2.15. The highest BCUT2D eigenvalue weighted by Crippen LogP contribution is 2.22. The molecule has 1 rings (SSSR count). The van der Waals surface area contributed by atoms with Gasteiger partial charge in [0.05, 0.1) is 0 Å². The summed E-state index contributed by atoms with van der Waals surface area (Å²) in [6, 6.07) is 8.67. The van der Waals surface area contributed by atoms with Crippen LogP contribution in [-0.4, -0.2) is 0 Å². The zero-order valence-corrected chi connectivity index (χ0v) is 10.2. The van der Waals surface area contributed by atoms with Gasteiger partial charge in [0.2, 0.25) is 0 Å². The second-order valence-corrected chi connectivity index (χ2v) is 5.37. The first-order valence-corrected chi connectivity index (χ1v) is 5.47. The molecule has 0 amide bonds. The first-order valence-electron chi connectivity index (χ1n) is 5.47. The standard InChI is InChI=1S/C15H20/c1-6-12(2)14-9-7-13(8-10-14)11-15(3,4)5/h1,7-10,12H,11H2,2-5H3. The first kappa shape index (κ1) is 11.9. The van der Waals surface area contributed by atoms with E-state index in [0.29, 0.717) is 5.41 Å². The summed E-state index contributed by atoms with van der Waals surface area (Å²) in [5, 5.41) is 0. The highest BCUT2D eigenvalue weighted by atomic mass is 14.2. The van der Waals surface area contributed by atoms with Crippen molar-refractivity contribution in [3.8, 4) is 12.3 Å². The summed E-state index contributed by atoms with van der Waals surface area (Å²) in [4.78, 5) is 0. The molecule has 0 spiro atoms. The van der Waals surface area contributed by atoms with Gasteiger partial charge in [-0.15, -0.1) is 6.42 Å². The number of benzene rings is 1. The van der Waals surface area contributed by atoms with Crippen LogP contribution in [0.3, 0.4) is 0 Å². The maximum absolute atomic E-state index is 5.39. The normalized spacial score (nSPS) is 13.3. The molecule has 0 saturated carbocycles. The van der Waals surface area contributed by atoms with Gasteiger partial charge in [-0.05, 0) is 29.9 Å². The average molecular weight is 200 g/mol. The lowest BCUT2D eigenvalue weighted by Crippen LogP contribution is -2.09. The Labute approximate surface area is 93.7 Å². The molecule has 1 aromatic rings. The van der Waals surface area contributed by atoms with Gasteiger partial charge in [-0.1, -0.05) is 51.0 Å². The molecule has 0 saturated heterocycles. The van der Waals surface area contributed by atoms with E-state index in [9.17, 15) is 0 Å². The molecule has 1 unspecified atom stereocenters. The van der Waals surface area contributed by atoms with Gasteiger partial charge in [-0.2, -0.15) is 0 Å². The molecule has 0 radical (unpaired) electrons. The van der Waals surface area contributed by atoms with E-state index < -0.39 is 0 Å². The molecule has 0 N–H and O–H groups in total. The van der Waals surface area contributed by atoms with E-state index in [1.165, 1.54) is 11.1 Å². The van der Waals surface area contributed by atoms with Gasteiger partial charge in [-0.25, -0.2) is 0 Å². The Morgan fingerprint density at radius 1 is 1.20 bits per heavy atom. The van der Waals surface area contributed by atoms with Crippen LogP contribution in [0, 0.1) is 17.8 Å². The van der Waals surface area contributed by atoms with Crippen molar-refractivity contribution >= 4 is 0 Å². The predicted molar refractivity (Wildman–Crippen MR) is 66.8 cm³/mol. The zero-order valence-electron chi connectivity index (χ0n) is 10.2. The second-order valence-electron chi connectivity index (χ2n) is 5.37. The van der Waals surface area contributed by atoms with Crippen molar-refractivity contribution in [3.05, 3.63) is 35.4 Å². The molecular formula is C15H20. The summed E-state index contributed by atoms with van der Waals surface area (Å²) in [7, 11) is 0. The van der Waals surface area contributed by atoms with Gasteiger partial charge in [-0.3, -0.25) is 0 Å². The van der Waals surface area contributed by atoms with E-state index in [-0.39, 0.29) is 5.92 Å². The lowest BCUT2D eigenvalue weighted by Gasteiger charge is -2.18. The maximum atomic E-state index is 5.39. The molecule has 0 aliphatic rings. The summed E-state index contributed by atoms with van der Waals surface area (Å²) in [5.74, 6) is 2.97. The van der Waals surface area contributed by atoms with Crippen LogP contribution in [0.5, 0.6) is 0 Å². The number of hydrogen-bond acceptors (Lipinski definition) is 0. The molecule has 0 aromatic heterocycles. The van der Waals surface area contributed by atoms with Crippen LogP contribution in [0.2, 0.25) is 0 Å². The Morgan fingerprint density at radius 3 is 2.13 bits per heavy atom. The van der Waals surface area contributed by atoms with E-state index in [1.54, 1.807) is 0 Å². The molecule has 1 aromatic carbocycles. The van der Waals surface area contributed by atoms with Crippen molar-refractivity contribution < 1.29 is 0 Å². The predicted octanol–water partition coefficient (Wildman–Crippen LogP) is 4.01. The third kappa shape index (κ3) is 3.80. The van der Waals surface area contributed by atoms with E-state index >= 15 is 0 Å². The highest BCUT2D eigenvalue weighted by molar-refractivity contribution is 5.29. The van der Waals surface area contributed by atoms with Crippen LogP contribution in [0.15, 0.2) is 24.3 Å². The number of terminal acetylenes is 1. The van der Waals surface area contributed by atoms with Crippen LogP contribution in [0.1, 0.15) is 44.7 Å². The maximum Gasteiger partial charge on any atom is 0.0421 e. The lowest BCUT2D eigenvalue weighted by atomic mass is 9.87. The Kier molecular flexibility index (Phi) is 3.58. The molecule has 1 atom stereocenters. The van der Waals surface area contributed by atoms with Crippen LogP contribution >= 0.6 is 0 Å². The van der Waals surface area contributed by atoms with Crippen LogP contribution in [0.25, 0.3) is 0 Å². The smallest absolute Gasteiger partial charge is 0.0421 e. The van der Waals surface area contributed by atoms with Crippen molar-refractivity contribution in [2.24, 2.45) is 5.41 Å². The molecule has 80 valence electrons. The van der Waals surface area contributed by atoms with Gasteiger partial charge in [0.25, 0.3) is 0 Å². The van der Waals surface area contributed by atoms with Gasteiger partial charge in [0.1, 0.15) is 0 Å². The monoisotopic (exact) mass is 200 g/mol. The van der Waals surface area contributed by atoms with E-state index in [0.717, 1.165) is 6.42 Å². The van der Waals surface area contributed by atoms with Crippen molar-refractivity contribution in [2.45, 2.75) is 40.0 Å². The van der Waals surface area contributed by atoms with Crippen LogP contribution in [0.4, 0.5) is 0 Å². The minimum absolute atomic E-state index is 0.216. The largest absolute Gasteiger partial charge is 0.119 e. The molecule has 15 heavy (non-hydrogen) atoms. The molecule has 0 aliphatic heterocycles. The van der Waals surface area contributed by atoms with Crippen molar-refractivity contribution in [2.75, 3.05) is 0 Å². The molecule has 0 bridgehead atoms. The molecular weight excluding hydrogens is 180 g/mol. The van der Waals surface area contributed by atoms with Crippen molar-refractivity contribution in [1.29, 1.82) is 0 Å². The molecule has 0 fully saturated rings. The summed E-state index contributed by atoms with van der Waals surface area (Å²) in [6.45, 7) is 8.82. The van der Waals surface area contributed by atoms with Gasteiger partial charge >= 0.3 is 0 Å². The first-order chi connectivity index (χ1) is 6.92. The molecule has 0 aliphatic carbocycles. The molecule has 0 heterocycles. The van der Waals surface area contributed by atoms with Crippen LogP contribution < -0.4 is 0 Å². The number of rotatable bonds is 2. The summed E-state index contributed by atoms with van der Waals surface area (Å²) < 4.78 is 0. The Balaban J connectivity index is 2.78. The van der Waals surface area contributed by atoms with Crippen LogP contribution in [-0.2, 0) is 6.42 Å². The zero-order chi connectivity index (χ0) is 11.5. The minimum Gasteiger partial charge on any atom is -0.119 e. The van der Waals surface area contributed by atoms with Gasteiger partial charge < -0.3 is 0 Å². The van der Waals surface area contributed by atoms with E-state index in [2.05, 4.69) is 57.9 Å². The van der Waals surface area contributed by atoms with Crippen molar-refractivity contribution in [1.82, 2.24) is 0 Å². The summed E-state index contributed by atoms with van der Waals surface area (Å²) >= 11 is 0. The fourth-order valence-corrected chi connectivity index (χ4v) is 1.63. The third-order valence-corrected chi connectivity index (χ3v) is 2.46. The Morgan fingerprint density at radius 2 is 1.73 bits per heavy atom. The van der Waals surface area contributed by atoms with Gasteiger partial charge in [0, 0.05) is 5.92 Å². The highest BCUT2D eigenvalue weighted by Gasteiger charge is 2.11. The molecule has 0 heteroatoms. The second kappa shape index (κ2) is 4.53. The fourth-order valence-electron chi connectivity index (χ4n) is 1.63. The van der Waals surface area contributed by atoms with Gasteiger partial charge in [0.15, 0.2) is 0 Å². The van der Waals surface area contributed by atoms with E-state index in [1.807, 2.05) is 0 Å². The minimum atomic E-state index is 0.216. The third-order valence-electron chi connectivity index (χ3n) is 2.46. The fraction of sp³-hybridized carbons (Fsp3) is 0.467. The Hall–Kier alpha value is -1.22. The SMILES string of the molecule is C#CC(C)c1ccc(CC(C)(C)C)cc1. The lowest BCUT2D eigenvalue weighted by molar-refractivity contribution is 0.411. The van der Waals surface area contributed by atoms with E-state index in [4.69, 9.17) is 6.42 Å². The topological polar surface area (TPSA) is 0 Å². The summed E-state index contributed by atoms with van der Waals surface area (Å²) in [6.07, 6.45) is 6.50. The Bertz CT molecular complexity index is 343. The molecule has 0 nitrogen and oxygen atoms in total. The van der Waals surface area contributed by atoms with Crippen molar-refractivity contribution in [3.63, 3.8) is 0 Å². The number of hydrogen-bond donors (Lipinski definition) is 0.